The highest BCUT2D eigenvalue weighted by molar-refractivity contribution is 5.92. The summed E-state index contributed by atoms with van der Waals surface area (Å²) in [5.74, 6) is 1.60. The fourth-order valence-electron chi connectivity index (χ4n) is 3.47. The molecule has 2 amide bonds. The van der Waals surface area contributed by atoms with E-state index in [-0.39, 0.29) is 17.7 Å². The molecular weight excluding hydrogens is 368 g/mol. The SMILES string of the molecule is CCOc1ccc(NC(=O)C2CCN(C(=O)Cc3ccc(OC)cc3)CC2)cc1. The number of amides is 2. The van der Waals surface area contributed by atoms with Gasteiger partial charge in [0.1, 0.15) is 11.5 Å². The first-order valence-corrected chi connectivity index (χ1v) is 10.0. The molecule has 6 nitrogen and oxygen atoms in total. The Bertz CT molecular complexity index is 810. The van der Waals surface area contributed by atoms with Crippen molar-refractivity contribution in [3.63, 3.8) is 0 Å². The summed E-state index contributed by atoms with van der Waals surface area (Å²) in [4.78, 5) is 27.0. The van der Waals surface area contributed by atoms with Gasteiger partial charge in [-0.2, -0.15) is 0 Å². The van der Waals surface area contributed by atoms with E-state index in [1.807, 2.05) is 60.4 Å². The Morgan fingerprint density at radius 2 is 1.62 bits per heavy atom. The molecule has 0 radical (unpaired) electrons. The number of methoxy groups -OCH3 is 1. The number of ether oxygens (including phenoxy) is 2. The molecule has 0 unspecified atom stereocenters. The third-order valence-corrected chi connectivity index (χ3v) is 5.17. The Hall–Kier alpha value is -3.02. The maximum atomic E-state index is 12.6. The molecule has 0 saturated carbocycles. The van der Waals surface area contributed by atoms with Gasteiger partial charge in [-0.1, -0.05) is 12.1 Å². The van der Waals surface area contributed by atoms with Crippen LogP contribution >= 0.6 is 0 Å². The second-order valence-corrected chi connectivity index (χ2v) is 7.13. The summed E-state index contributed by atoms with van der Waals surface area (Å²) in [6.07, 6.45) is 1.72. The van der Waals surface area contributed by atoms with Gasteiger partial charge in [0.2, 0.25) is 11.8 Å². The van der Waals surface area contributed by atoms with Gasteiger partial charge in [-0.3, -0.25) is 9.59 Å². The number of anilines is 1. The molecule has 1 heterocycles. The molecule has 0 aliphatic carbocycles. The Morgan fingerprint density at radius 3 is 2.21 bits per heavy atom. The van der Waals surface area contributed by atoms with Crippen molar-refractivity contribution in [3.8, 4) is 11.5 Å². The van der Waals surface area contributed by atoms with E-state index in [9.17, 15) is 9.59 Å². The molecule has 3 rings (SSSR count). The van der Waals surface area contributed by atoms with Crippen LogP contribution in [-0.4, -0.2) is 43.5 Å². The van der Waals surface area contributed by atoms with Gasteiger partial charge in [0, 0.05) is 24.7 Å². The third-order valence-electron chi connectivity index (χ3n) is 5.17. The molecule has 29 heavy (non-hydrogen) atoms. The van der Waals surface area contributed by atoms with E-state index >= 15 is 0 Å². The van der Waals surface area contributed by atoms with E-state index in [0.717, 1.165) is 22.7 Å². The predicted octanol–water partition coefficient (Wildman–Crippen LogP) is 3.51. The number of nitrogens with one attached hydrogen (secondary N) is 1. The van der Waals surface area contributed by atoms with Crippen LogP contribution in [0.3, 0.4) is 0 Å². The van der Waals surface area contributed by atoms with Crippen molar-refractivity contribution < 1.29 is 19.1 Å². The molecule has 1 N–H and O–H groups in total. The Balaban J connectivity index is 1.46. The summed E-state index contributed by atoms with van der Waals surface area (Å²) in [5.41, 5.74) is 1.72. The highest BCUT2D eigenvalue weighted by atomic mass is 16.5. The van der Waals surface area contributed by atoms with Gasteiger partial charge in [0.15, 0.2) is 0 Å². The largest absolute Gasteiger partial charge is 0.497 e. The molecule has 0 spiro atoms. The standard InChI is InChI=1S/C23H28N2O4/c1-3-29-21-10-6-19(7-11-21)24-23(27)18-12-14-25(15-13-18)22(26)16-17-4-8-20(28-2)9-5-17/h4-11,18H,3,12-16H2,1-2H3,(H,24,27). The van der Waals surface area contributed by atoms with Crippen molar-refractivity contribution >= 4 is 17.5 Å². The lowest BCUT2D eigenvalue weighted by Crippen LogP contribution is -2.42. The topological polar surface area (TPSA) is 67.9 Å². The minimum atomic E-state index is -0.0772. The quantitative estimate of drug-likeness (QED) is 0.778. The number of rotatable bonds is 7. The first-order valence-electron chi connectivity index (χ1n) is 10.0. The average Bonchev–Trinajstić information content (AvgIpc) is 2.76. The normalized spacial score (nSPS) is 14.3. The van der Waals surface area contributed by atoms with Gasteiger partial charge in [-0.25, -0.2) is 0 Å². The zero-order chi connectivity index (χ0) is 20.6. The average molecular weight is 396 g/mol. The van der Waals surface area contributed by atoms with Crippen molar-refractivity contribution in [2.45, 2.75) is 26.2 Å². The number of hydrogen-bond acceptors (Lipinski definition) is 4. The Morgan fingerprint density at radius 1 is 1.00 bits per heavy atom. The van der Waals surface area contributed by atoms with Crippen molar-refractivity contribution in [1.29, 1.82) is 0 Å². The zero-order valence-electron chi connectivity index (χ0n) is 17.0. The maximum absolute atomic E-state index is 12.6. The molecule has 2 aromatic rings. The van der Waals surface area contributed by atoms with Crippen LogP contribution in [0.1, 0.15) is 25.3 Å². The second-order valence-electron chi connectivity index (χ2n) is 7.13. The van der Waals surface area contributed by atoms with Crippen LogP contribution < -0.4 is 14.8 Å². The van der Waals surface area contributed by atoms with E-state index in [1.54, 1.807) is 7.11 Å². The lowest BCUT2D eigenvalue weighted by Gasteiger charge is -2.31. The van der Waals surface area contributed by atoms with Crippen LogP contribution in [-0.2, 0) is 16.0 Å². The van der Waals surface area contributed by atoms with Crippen LogP contribution in [0.25, 0.3) is 0 Å². The minimum absolute atomic E-state index is 0.0106. The van der Waals surface area contributed by atoms with E-state index in [2.05, 4.69) is 5.32 Å². The number of piperidine rings is 1. The van der Waals surface area contributed by atoms with E-state index < -0.39 is 0 Å². The number of hydrogen-bond donors (Lipinski definition) is 1. The Kier molecular flexibility index (Phi) is 7.11. The summed E-state index contributed by atoms with van der Waals surface area (Å²) >= 11 is 0. The number of benzene rings is 2. The lowest BCUT2D eigenvalue weighted by atomic mass is 9.95. The van der Waals surface area contributed by atoms with E-state index in [1.165, 1.54) is 0 Å². The van der Waals surface area contributed by atoms with Gasteiger partial charge in [-0.15, -0.1) is 0 Å². The van der Waals surface area contributed by atoms with Crippen LogP contribution in [0, 0.1) is 5.92 Å². The molecule has 1 fully saturated rings. The lowest BCUT2D eigenvalue weighted by molar-refractivity contribution is -0.133. The molecule has 0 aromatic heterocycles. The summed E-state index contributed by atoms with van der Waals surface area (Å²) in [5, 5.41) is 2.97. The van der Waals surface area contributed by atoms with Gasteiger partial charge in [-0.05, 0) is 61.7 Å². The smallest absolute Gasteiger partial charge is 0.227 e. The van der Waals surface area contributed by atoms with Crippen LogP contribution in [0.2, 0.25) is 0 Å². The van der Waals surface area contributed by atoms with Crippen LogP contribution in [0.15, 0.2) is 48.5 Å². The predicted molar refractivity (Wildman–Crippen MR) is 112 cm³/mol. The monoisotopic (exact) mass is 396 g/mol. The highest BCUT2D eigenvalue weighted by Crippen LogP contribution is 2.22. The summed E-state index contributed by atoms with van der Waals surface area (Å²) in [6, 6.07) is 14.9. The molecule has 0 bridgehead atoms. The molecular formula is C23H28N2O4. The maximum Gasteiger partial charge on any atom is 0.227 e. The molecule has 2 aromatic carbocycles. The Labute approximate surface area is 171 Å². The first-order chi connectivity index (χ1) is 14.1. The number of nitrogens with zero attached hydrogens (tertiary/aromatic N) is 1. The minimum Gasteiger partial charge on any atom is -0.497 e. The van der Waals surface area contributed by atoms with Crippen LogP contribution in [0.4, 0.5) is 5.69 Å². The third kappa shape index (κ3) is 5.73. The summed E-state index contributed by atoms with van der Waals surface area (Å²) in [6.45, 7) is 3.76. The van der Waals surface area contributed by atoms with E-state index in [4.69, 9.17) is 9.47 Å². The number of carbonyl (C=O) groups is 2. The molecule has 1 aliphatic heterocycles. The zero-order valence-corrected chi connectivity index (χ0v) is 17.0. The molecule has 1 saturated heterocycles. The number of carbonyl (C=O) groups excluding carboxylic acids is 2. The molecule has 6 heteroatoms. The number of likely N-dealkylation sites (tertiary alicyclic amines) is 1. The second kappa shape index (κ2) is 9.96. The van der Waals surface area contributed by atoms with Crippen molar-refractivity contribution in [1.82, 2.24) is 4.90 Å². The summed E-state index contributed by atoms with van der Waals surface area (Å²) in [7, 11) is 1.62. The molecule has 0 atom stereocenters. The van der Waals surface area contributed by atoms with Crippen molar-refractivity contribution in [2.24, 2.45) is 5.92 Å². The summed E-state index contributed by atoms with van der Waals surface area (Å²) < 4.78 is 10.6. The molecule has 154 valence electrons. The van der Waals surface area contributed by atoms with Gasteiger partial charge >= 0.3 is 0 Å². The van der Waals surface area contributed by atoms with Gasteiger partial charge < -0.3 is 19.7 Å². The van der Waals surface area contributed by atoms with Crippen molar-refractivity contribution in [2.75, 3.05) is 32.1 Å². The molecule has 1 aliphatic rings. The van der Waals surface area contributed by atoms with Gasteiger partial charge in [0.25, 0.3) is 0 Å². The van der Waals surface area contributed by atoms with Gasteiger partial charge in [0.05, 0.1) is 20.1 Å². The van der Waals surface area contributed by atoms with Crippen molar-refractivity contribution in [3.05, 3.63) is 54.1 Å². The fraction of sp³-hybridized carbons (Fsp3) is 0.391. The fourth-order valence-corrected chi connectivity index (χ4v) is 3.47. The van der Waals surface area contributed by atoms with Crippen LogP contribution in [0.5, 0.6) is 11.5 Å². The van der Waals surface area contributed by atoms with E-state index in [0.29, 0.717) is 39.0 Å². The first kappa shape index (κ1) is 20.7. The highest BCUT2D eigenvalue weighted by Gasteiger charge is 2.27.